The van der Waals surface area contributed by atoms with Crippen LogP contribution in [-0.2, 0) is 23.0 Å². The van der Waals surface area contributed by atoms with Crippen molar-refractivity contribution in [2.24, 2.45) is 5.41 Å². The molecule has 0 spiro atoms. The number of likely N-dealkylation sites (N-methyl/N-ethyl adjacent to an activating group) is 1. The van der Waals surface area contributed by atoms with Crippen LogP contribution in [0.5, 0.6) is 5.88 Å². The Labute approximate surface area is 282 Å². The summed E-state index contributed by atoms with van der Waals surface area (Å²) in [4.78, 5) is 37.1. The van der Waals surface area contributed by atoms with Gasteiger partial charge in [-0.15, -0.1) is 0 Å². The van der Waals surface area contributed by atoms with Crippen molar-refractivity contribution in [3.05, 3.63) is 82.8 Å². The molecule has 4 bridgehead atoms. The maximum Gasteiger partial charge on any atom is 0.264 e. The van der Waals surface area contributed by atoms with E-state index >= 15 is 0 Å². The van der Waals surface area contributed by atoms with Crippen LogP contribution in [0.15, 0.2) is 59.6 Å². The molecular formula is C36H43N7O4S. The van der Waals surface area contributed by atoms with Crippen LogP contribution < -0.4 is 14.4 Å². The van der Waals surface area contributed by atoms with Crippen LogP contribution >= 0.6 is 0 Å². The molecule has 48 heavy (non-hydrogen) atoms. The van der Waals surface area contributed by atoms with E-state index in [0.29, 0.717) is 17.8 Å². The van der Waals surface area contributed by atoms with E-state index < -0.39 is 16.1 Å². The number of sulfonamides is 1. The van der Waals surface area contributed by atoms with Crippen LogP contribution in [-0.4, -0.2) is 64.4 Å². The normalized spacial score (nSPS) is 18.6. The Hall–Kier alpha value is -4.58. The molecule has 4 heterocycles. The molecule has 2 aromatic heterocycles. The maximum atomic E-state index is 14.5. The van der Waals surface area contributed by atoms with Gasteiger partial charge in [0.25, 0.3) is 15.9 Å². The summed E-state index contributed by atoms with van der Waals surface area (Å²) in [6, 6.07) is 13.3. The molecule has 2 aromatic carbocycles. The van der Waals surface area contributed by atoms with Gasteiger partial charge < -0.3 is 14.5 Å². The number of nitrogens with one attached hydrogen (secondary N) is 1. The van der Waals surface area contributed by atoms with Gasteiger partial charge in [0.15, 0.2) is 5.82 Å². The van der Waals surface area contributed by atoms with Gasteiger partial charge in [-0.3, -0.25) is 9.78 Å². The maximum absolute atomic E-state index is 14.5. The molecule has 1 N–H and O–H groups in total. The Balaban J connectivity index is 1.48. The second kappa shape index (κ2) is 12.1. The number of carbonyl (C=O) groups is 1. The van der Waals surface area contributed by atoms with Crippen molar-refractivity contribution < 1.29 is 17.9 Å². The van der Waals surface area contributed by atoms with Crippen LogP contribution in [0.4, 0.5) is 11.8 Å². The van der Waals surface area contributed by atoms with Gasteiger partial charge in [0, 0.05) is 36.2 Å². The van der Waals surface area contributed by atoms with E-state index in [1.54, 1.807) is 29.3 Å². The highest BCUT2D eigenvalue weighted by molar-refractivity contribution is 7.92. The molecule has 0 fully saturated rings. The monoisotopic (exact) mass is 669 g/mol. The Morgan fingerprint density at radius 3 is 2.44 bits per heavy atom. The molecule has 4 aromatic rings. The van der Waals surface area contributed by atoms with Gasteiger partial charge in [-0.2, -0.15) is 4.98 Å². The fourth-order valence-electron chi connectivity index (χ4n) is 6.45. The first-order valence-corrected chi connectivity index (χ1v) is 17.6. The first-order valence-electron chi connectivity index (χ1n) is 16.1. The number of nitrogens with zero attached hydrogens (tertiary/aromatic N) is 6. The standard InChI is InChI=1S/C36H43N7O4S/c1-22-11-9-12-23(2)31(22)28-16-30-40-34(39-28)41-48(45,46)27-14-10-13-24(15-27)33(44)43(26(21-47-30)17-35(3,4)5)20-25-19-37-29-18-36(6,7)42(8)32(29)38-25/h9-16,19,26H,17-18,20-21H2,1-8H3,(H,39,40,41)/t26-/m1/s1. The van der Waals surface area contributed by atoms with Gasteiger partial charge in [0.1, 0.15) is 6.61 Å². The fourth-order valence-corrected chi connectivity index (χ4v) is 7.43. The molecule has 12 heteroatoms. The van der Waals surface area contributed by atoms with Crippen LogP contribution in [0, 0.1) is 19.3 Å². The minimum Gasteiger partial charge on any atom is -0.475 e. The largest absolute Gasteiger partial charge is 0.475 e. The zero-order valence-corrected chi connectivity index (χ0v) is 29.6. The summed E-state index contributed by atoms with van der Waals surface area (Å²) in [5.41, 5.74) is 4.80. The van der Waals surface area contributed by atoms with E-state index in [2.05, 4.69) is 54.2 Å². The lowest BCUT2D eigenvalue weighted by atomic mass is 9.87. The Morgan fingerprint density at radius 2 is 1.73 bits per heavy atom. The zero-order valence-electron chi connectivity index (χ0n) is 28.8. The van der Waals surface area contributed by atoms with Gasteiger partial charge >= 0.3 is 0 Å². The highest BCUT2D eigenvalue weighted by Crippen LogP contribution is 2.35. The second-order valence-corrected chi connectivity index (χ2v) is 16.3. The zero-order chi connectivity index (χ0) is 34.6. The smallest absolute Gasteiger partial charge is 0.264 e. The summed E-state index contributed by atoms with van der Waals surface area (Å²) in [6.07, 6.45) is 3.09. The van der Waals surface area contributed by atoms with E-state index in [-0.39, 0.29) is 52.3 Å². The van der Waals surface area contributed by atoms with Gasteiger partial charge in [-0.25, -0.2) is 23.1 Å². The third-order valence-electron chi connectivity index (χ3n) is 9.07. The molecule has 0 radical (unpaired) electrons. The van der Waals surface area contributed by atoms with E-state index in [1.807, 2.05) is 39.1 Å². The van der Waals surface area contributed by atoms with E-state index in [9.17, 15) is 13.2 Å². The highest BCUT2D eigenvalue weighted by atomic mass is 32.2. The number of anilines is 2. The highest BCUT2D eigenvalue weighted by Gasteiger charge is 2.37. The second-order valence-electron chi connectivity index (χ2n) is 14.7. The number of carbonyl (C=O) groups excluding carboxylic acids is 1. The molecular weight excluding hydrogens is 627 g/mol. The molecule has 2 aliphatic heterocycles. The summed E-state index contributed by atoms with van der Waals surface area (Å²) >= 11 is 0. The number of hydrogen-bond donors (Lipinski definition) is 1. The number of benzene rings is 2. The molecule has 2 aliphatic rings. The first-order chi connectivity index (χ1) is 22.5. The minimum atomic E-state index is -4.17. The number of aromatic nitrogens is 4. The number of amides is 1. The molecule has 1 atom stereocenters. The molecule has 252 valence electrons. The van der Waals surface area contributed by atoms with Crippen molar-refractivity contribution in [3.63, 3.8) is 0 Å². The van der Waals surface area contributed by atoms with Crippen molar-refractivity contribution in [1.29, 1.82) is 0 Å². The summed E-state index contributed by atoms with van der Waals surface area (Å²) in [6.45, 7) is 14.8. The van der Waals surface area contributed by atoms with Crippen LogP contribution in [0.3, 0.4) is 0 Å². The number of aryl methyl sites for hydroxylation is 2. The van der Waals surface area contributed by atoms with Crippen LogP contribution in [0.1, 0.15) is 73.9 Å². The van der Waals surface area contributed by atoms with Crippen molar-refractivity contribution in [2.75, 3.05) is 23.3 Å². The number of fused-ring (bicyclic) bond motifs is 5. The van der Waals surface area contributed by atoms with E-state index in [4.69, 9.17) is 14.7 Å². The van der Waals surface area contributed by atoms with E-state index in [0.717, 1.165) is 34.6 Å². The van der Waals surface area contributed by atoms with Gasteiger partial charge in [-0.05, 0) is 68.9 Å². The third kappa shape index (κ3) is 6.71. The van der Waals surface area contributed by atoms with Gasteiger partial charge in [0.05, 0.1) is 40.8 Å². The first kappa shape index (κ1) is 33.3. The molecule has 0 saturated heterocycles. The molecule has 0 aliphatic carbocycles. The van der Waals surface area contributed by atoms with Gasteiger partial charge in [-0.1, -0.05) is 45.0 Å². The molecule has 0 saturated carbocycles. The van der Waals surface area contributed by atoms with Crippen LogP contribution in [0.25, 0.3) is 11.3 Å². The summed E-state index contributed by atoms with van der Waals surface area (Å²) < 4.78 is 36.3. The minimum absolute atomic E-state index is 0.0790. The fraction of sp³-hybridized carbons (Fsp3) is 0.417. The summed E-state index contributed by atoms with van der Waals surface area (Å²) in [7, 11) is -2.17. The van der Waals surface area contributed by atoms with Crippen LogP contribution in [0.2, 0.25) is 0 Å². The average Bonchev–Trinajstić information content (AvgIpc) is 3.23. The average molecular weight is 670 g/mol. The number of ether oxygens (including phenoxy) is 1. The van der Waals surface area contributed by atoms with Crippen molar-refractivity contribution in [3.8, 4) is 17.1 Å². The third-order valence-corrected chi connectivity index (χ3v) is 10.4. The number of hydrogen-bond acceptors (Lipinski definition) is 9. The molecule has 1 amide bonds. The lowest BCUT2D eigenvalue weighted by Crippen LogP contribution is -2.45. The SMILES string of the molecule is Cc1cccc(C)c1-c1cc2nc(n1)NS(=O)(=O)c1cccc(c1)C(=O)N(Cc1cnc3c(n1)N(C)C(C)(C)C3)[C@H](CC(C)(C)C)CO2. The Morgan fingerprint density at radius 1 is 1.02 bits per heavy atom. The topological polar surface area (TPSA) is 131 Å². The summed E-state index contributed by atoms with van der Waals surface area (Å²) in [5, 5.41) is 0. The lowest BCUT2D eigenvalue weighted by Gasteiger charge is -2.35. The quantitative estimate of drug-likeness (QED) is 0.280. The predicted molar refractivity (Wildman–Crippen MR) is 186 cm³/mol. The van der Waals surface area contributed by atoms with Crippen molar-refractivity contribution >= 4 is 27.7 Å². The number of rotatable bonds is 4. The predicted octanol–water partition coefficient (Wildman–Crippen LogP) is 5.96. The van der Waals surface area contributed by atoms with Crippen molar-refractivity contribution in [2.45, 2.75) is 84.3 Å². The Kier molecular flexibility index (Phi) is 8.43. The lowest BCUT2D eigenvalue weighted by molar-refractivity contribution is 0.0509. The summed E-state index contributed by atoms with van der Waals surface area (Å²) in [5.74, 6) is 0.532. The van der Waals surface area contributed by atoms with Gasteiger partial charge in [0.2, 0.25) is 11.8 Å². The van der Waals surface area contributed by atoms with E-state index in [1.165, 1.54) is 12.1 Å². The van der Waals surface area contributed by atoms with Crippen molar-refractivity contribution in [1.82, 2.24) is 24.8 Å². The molecule has 0 unspecified atom stereocenters. The molecule has 6 rings (SSSR count). The molecule has 11 nitrogen and oxygen atoms in total. The Bertz CT molecular complexity index is 1990.